The van der Waals surface area contributed by atoms with E-state index in [2.05, 4.69) is 10.5 Å². The van der Waals surface area contributed by atoms with E-state index in [1.807, 2.05) is 24.3 Å². The number of hydrogen-bond acceptors (Lipinski definition) is 4. The smallest absolute Gasteiger partial charge is 0.230 e. The van der Waals surface area contributed by atoms with Gasteiger partial charge in [-0.1, -0.05) is 17.3 Å². The van der Waals surface area contributed by atoms with Gasteiger partial charge < -0.3 is 9.84 Å². The van der Waals surface area contributed by atoms with Crippen molar-refractivity contribution in [3.05, 3.63) is 59.8 Å². The van der Waals surface area contributed by atoms with Gasteiger partial charge in [-0.3, -0.25) is 9.59 Å². The highest BCUT2D eigenvalue weighted by Gasteiger charge is 2.12. The van der Waals surface area contributed by atoms with Gasteiger partial charge in [0.05, 0.1) is 6.42 Å². The minimum atomic E-state index is -0.186. The molecule has 22 heavy (non-hydrogen) atoms. The van der Waals surface area contributed by atoms with E-state index in [0.29, 0.717) is 22.5 Å². The number of ketones is 1. The zero-order valence-electron chi connectivity index (χ0n) is 12.0. The Labute approximate surface area is 126 Å². The molecule has 1 heterocycles. The van der Waals surface area contributed by atoms with Gasteiger partial charge in [-0.05, 0) is 43.3 Å². The molecule has 1 amide bonds. The van der Waals surface area contributed by atoms with Crippen molar-refractivity contribution in [3.8, 4) is 0 Å². The molecule has 0 aliphatic carbocycles. The van der Waals surface area contributed by atoms with Crippen molar-refractivity contribution in [3.63, 3.8) is 0 Å². The molecule has 0 spiro atoms. The number of anilines is 1. The topological polar surface area (TPSA) is 72.2 Å². The maximum atomic E-state index is 12.1. The number of rotatable bonds is 4. The molecule has 0 radical (unpaired) electrons. The molecule has 110 valence electrons. The predicted molar refractivity (Wildman–Crippen MR) is 82.8 cm³/mol. The van der Waals surface area contributed by atoms with Crippen LogP contribution in [-0.4, -0.2) is 16.8 Å². The van der Waals surface area contributed by atoms with Gasteiger partial charge in [-0.2, -0.15) is 0 Å². The monoisotopic (exact) mass is 294 g/mol. The minimum absolute atomic E-state index is 0.00746. The second-order valence-corrected chi connectivity index (χ2v) is 4.98. The van der Waals surface area contributed by atoms with E-state index in [1.54, 1.807) is 24.3 Å². The lowest BCUT2D eigenvalue weighted by Gasteiger charge is -2.04. The van der Waals surface area contributed by atoms with Crippen molar-refractivity contribution in [1.82, 2.24) is 5.16 Å². The lowest BCUT2D eigenvalue weighted by Crippen LogP contribution is -2.14. The summed E-state index contributed by atoms with van der Waals surface area (Å²) in [6, 6.07) is 14.2. The number of nitrogens with one attached hydrogen (secondary N) is 1. The number of aromatic nitrogens is 1. The van der Waals surface area contributed by atoms with E-state index in [9.17, 15) is 9.59 Å². The quantitative estimate of drug-likeness (QED) is 0.750. The number of carbonyl (C=O) groups is 2. The molecule has 0 fully saturated rings. The normalized spacial score (nSPS) is 10.6. The fraction of sp³-hybridized carbons (Fsp3) is 0.118. The van der Waals surface area contributed by atoms with E-state index in [1.165, 1.54) is 6.92 Å². The highest BCUT2D eigenvalue weighted by atomic mass is 16.5. The van der Waals surface area contributed by atoms with E-state index in [-0.39, 0.29) is 18.1 Å². The average Bonchev–Trinajstić information content (AvgIpc) is 2.91. The van der Waals surface area contributed by atoms with E-state index < -0.39 is 0 Å². The lowest BCUT2D eigenvalue weighted by molar-refractivity contribution is -0.115. The summed E-state index contributed by atoms with van der Waals surface area (Å²) in [7, 11) is 0. The van der Waals surface area contributed by atoms with Crippen molar-refractivity contribution in [2.45, 2.75) is 13.3 Å². The summed E-state index contributed by atoms with van der Waals surface area (Å²) < 4.78 is 5.17. The molecule has 0 unspecified atom stereocenters. The summed E-state index contributed by atoms with van der Waals surface area (Å²) in [5.74, 6) is -0.193. The molecule has 0 saturated heterocycles. The Morgan fingerprint density at radius 2 is 1.82 bits per heavy atom. The summed E-state index contributed by atoms with van der Waals surface area (Å²) in [6.45, 7) is 1.50. The number of fused-ring (bicyclic) bond motifs is 1. The van der Waals surface area contributed by atoms with Gasteiger partial charge in [0, 0.05) is 16.6 Å². The molecular weight excluding hydrogens is 280 g/mol. The molecule has 5 heteroatoms. The summed E-state index contributed by atoms with van der Waals surface area (Å²) in [4.78, 5) is 23.3. The van der Waals surface area contributed by atoms with Gasteiger partial charge in [0.15, 0.2) is 11.4 Å². The van der Waals surface area contributed by atoms with Crippen LogP contribution in [0.4, 0.5) is 5.69 Å². The first kappa shape index (κ1) is 14.0. The van der Waals surface area contributed by atoms with E-state index in [0.717, 1.165) is 5.39 Å². The highest BCUT2D eigenvalue weighted by molar-refractivity contribution is 5.96. The van der Waals surface area contributed by atoms with Crippen LogP contribution in [0.15, 0.2) is 53.1 Å². The first-order valence-electron chi connectivity index (χ1n) is 6.87. The van der Waals surface area contributed by atoms with Crippen molar-refractivity contribution < 1.29 is 14.1 Å². The molecule has 3 aromatic rings. The highest BCUT2D eigenvalue weighted by Crippen LogP contribution is 2.18. The largest absolute Gasteiger partial charge is 0.356 e. The zero-order valence-corrected chi connectivity index (χ0v) is 12.0. The van der Waals surface area contributed by atoms with Crippen molar-refractivity contribution in [1.29, 1.82) is 0 Å². The number of benzene rings is 2. The molecule has 0 saturated carbocycles. The molecular formula is C17H14N2O3. The van der Waals surface area contributed by atoms with Gasteiger partial charge in [0.25, 0.3) is 0 Å². The van der Waals surface area contributed by atoms with Crippen molar-refractivity contribution in [2.75, 3.05) is 5.32 Å². The SMILES string of the molecule is CC(=O)c1ccc(NC(=O)Cc2noc3ccccc23)cc1. The Morgan fingerprint density at radius 1 is 1.09 bits per heavy atom. The Balaban J connectivity index is 1.71. The van der Waals surface area contributed by atoms with Crippen LogP contribution >= 0.6 is 0 Å². The summed E-state index contributed by atoms with van der Waals surface area (Å²) in [6.07, 6.45) is 0.130. The van der Waals surface area contributed by atoms with Crippen LogP contribution in [0.2, 0.25) is 0 Å². The van der Waals surface area contributed by atoms with Crippen LogP contribution in [0.5, 0.6) is 0 Å². The number of amides is 1. The van der Waals surface area contributed by atoms with Crippen molar-refractivity contribution >= 4 is 28.3 Å². The van der Waals surface area contributed by atoms with Crippen LogP contribution in [0, 0.1) is 0 Å². The van der Waals surface area contributed by atoms with Crippen LogP contribution in [0.1, 0.15) is 23.0 Å². The first-order valence-corrected chi connectivity index (χ1v) is 6.87. The van der Waals surface area contributed by atoms with Gasteiger partial charge in [-0.15, -0.1) is 0 Å². The number of nitrogens with zero attached hydrogens (tertiary/aromatic N) is 1. The Morgan fingerprint density at radius 3 is 2.55 bits per heavy atom. The van der Waals surface area contributed by atoms with Gasteiger partial charge >= 0.3 is 0 Å². The second kappa shape index (κ2) is 5.81. The second-order valence-electron chi connectivity index (χ2n) is 4.98. The summed E-state index contributed by atoms with van der Waals surface area (Å²) in [5.41, 5.74) is 2.52. The average molecular weight is 294 g/mol. The molecule has 1 N–H and O–H groups in total. The van der Waals surface area contributed by atoms with Gasteiger partial charge in [-0.25, -0.2) is 0 Å². The van der Waals surface area contributed by atoms with Crippen LogP contribution < -0.4 is 5.32 Å². The predicted octanol–water partition coefficient (Wildman–Crippen LogP) is 3.21. The maximum Gasteiger partial charge on any atom is 0.230 e. The third-order valence-corrected chi connectivity index (χ3v) is 3.36. The van der Waals surface area contributed by atoms with Crippen LogP contribution in [-0.2, 0) is 11.2 Å². The first-order chi connectivity index (χ1) is 10.6. The van der Waals surface area contributed by atoms with Gasteiger partial charge in [0.1, 0.15) is 5.69 Å². The molecule has 5 nitrogen and oxygen atoms in total. The van der Waals surface area contributed by atoms with E-state index >= 15 is 0 Å². The molecule has 3 rings (SSSR count). The molecule has 0 aliphatic heterocycles. The van der Waals surface area contributed by atoms with Crippen LogP contribution in [0.25, 0.3) is 11.0 Å². The fourth-order valence-electron chi connectivity index (χ4n) is 2.21. The maximum absolute atomic E-state index is 12.1. The standard InChI is InChI=1S/C17H14N2O3/c1-11(20)12-6-8-13(9-7-12)18-17(21)10-15-14-4-2-3-5-16(14)22-19-15/h2-9H,10H2,1H3,(H,18,21). The third-order valence-electron chi connectivity index (χ3n) is 3.36. The molecule has 2 aromatic carbocycles. The fourth-order valence-corrected chi connectivity index (χ4v) is 2.21. The number of hydrogen-bond donors (Lipinski definition) is 1. The lowest BCUT2D eigenvalue weighted by atomic mass is 10.1. The van der Waals surface area contributed by atoms with Crippen LogP contribution in [0.3, 0.4) is 0 Å². The Kier molecular flexibility index (Phi) is 3.70. The molecule has 0 atom stereocenters. The molecule has 1 aromatic heterocycles. The van der Waals surface area contributed by atoms with E-state index in [4.69, 9.17) is 4.52 Å². The zero-order chi connectivity index (χ0) is 15.5. The summed E-state index contributed by atoms with van der Waals surface area (Å²) >= 11 is 0. The van der Waals surface area contributed by atoms with Gasteiger partial charge in [0.2, 0.25) is 5.91 Å². The summed E-state index contributed by atoms with van der Waals surface area (Å²) in [5, 5.41) is 7.55. The minimum Gasteiger partial charge on any atom is -0.356 e. The third kappa shape index (κ3) is 2.88. The Hall–Kier alpha value is -2.95. The number of para-hydroxylation sites is 1. The number of Topliss-reactive ketones (excluding diaryl/α,β-unsaturated/α-hetero) is 1. The number of carbonyl (C=O) groups excluding carboxylic acids is 2. The molecule has 0 bridgehead atoms. The molecule has 0 aliphatic rings. The Bertz CT molecular complexity index is 834. The van der Waals surface area contributed by atoms with Crippen molar-refractivity contribution in [2.24, 2.45) is 0 Å².